The molecule has 0 saturated heterocycles. The van der Waals surface area contributed by atoms with E-state index in [4.69, 9.17) is 5.73 Å². The van der Waals surface area contributed by atoms with Crippen LogP contribution in [0.4, 0.5) is 0 Å². The normalized spacial score (nSPS) is 11.8. The highest BCUT2D eigenvalue weighted by Crippen LogP contribution is 2.23. The Morgan fingerprint density at radius 3 is 2.61 bits per heavy atom. The zero-order chi connectivity index (χ0) is 13.3. The summed E-state index contributed by atoms with van der Waals surface area (Å²) in [7, 11) is 0. The van der Waals surface area contributed by atoms with Gasteiger partial charge in [0.25, 0.3) is 0 Å². The average molecular weight is 243 g/mol. The zero-order valence-electron chi connectivity index (χ0n) is 11.5. The second-order valence-electron chi connectivity index (χ2n) is 5.69. The second kappa shape index (κ2) is 4.58. The van der Waals surface area contributed by atoms with Crippen LogP contribution in [0.5, 0.6) is 0 Å². The molecule has 0 fully saturated rings. The van der Waals surface area contributed by atoms with Crippen LogP contribution in [0.2, 0.25) is 0 Å². The Bertz CT molecular complexity index is 547. The molecule has 2 rings (SSSR count). The highest BCUT2D eigenvalue weighted by molar-refractivity contribution is 5.62. The molecule has 0 aliphatic carbocycles. The Morgan fingerprint density at radius 2 is 2.00 bits per heavy atom. The number of hydrogen-bond acceptors (Lipinski definition) is 2. The number of hydrogen-bond donors (Lipinski definition) is 2. The largest absolute Gasteiger partial charge is 0.346 e. The summed E-state index contributed by atoms with van der Waals surface area (Å²) in [4.78, 5) is 8.00. The number of nitrogens with one attached hydrogen (secondary N) is 1. The van der Waals surface area contributed by atoms with Gasteiger partial charge >= 0.3 is 0 Å². The van der Waals surface area contributed by atoms with Gasteiger partial charge in [0, 0.05) is 23.2 Å². The van der Waals surface area contributed by atoms with Crippen molar-refractivity contribution in [3.63, 3.8) is 0 Å². The quantitative estimate of drug-likeness (QED) is 0.870. The summed E-state index contributed by atoms with van der Waals surface area (Å²) < 4.78 is 0. The monoisotopic (exact) mass is 243 g/mol. The lowest BCUT2D eigenvalue weighted by atomic mass is 10.0. The predicted octanol–water partition coefficient (Wildman–Crippen LogP) is 2.97. The zero-order valence-corrected chi connectivity index (χ0v) is 11.5. The number of nitrogens with two attached hydrogens (primary N) is 1. The molecule has 3 N–H and O–H groups in total. The number of H-pyrrole nitrogens is 1. The Labute approximate surface area is 108 Å². The average Bonchev–Trinajstić information content (AvgIpc) is 2.56. The van der Waals surface area contributed by atoms with Gasteiger partial charge in [-0.15, -0.1) is 0 Å². The van der Waals surface area contributed by atoms with E-state index in [0.29, 0.717) is 0 Å². The first-order chi connectivity index (χ1) is 8.35. The van der Waals surface area contributed by atoms with Crippen LogP contribution < -0.4 is 5.73 Å². The standard InChI is InChI=1S/C15H21N3/c1-10-6-5-7-12(8-10)14-11(2)17-13(18-14)9-15(3,4)16/h5-8H,9,16H2,1-4H3,(H,17,18). The molecule has 2 aromatic rings. The molecule has 3 heteroatoms. The lowest BCUT2D eigenvalue weighted by molar-refractivity contribution is 0.504. The van der Waals surface area contributed by atoms with Crippen molar-refractivity contribution in [3.8, 4) is 11.3 Å². The first-order valence-electron chi connectivity index (χ1n) is 6.26. The number of rotatable bonds is 3. The molecule has 0 aliphatic rings. The van der Waals surface area contributed by atoms with Gasteiger partial charge in [-0.25, -0.2) is 4.98 Å². The fourth-order valence-corrected chi connectivity index (χ4v) is 2.11. The van der Waals surface area contributed by atoms with E-state index in [1.165, 1.54) is 5.56 Å². The van der Waals surface area contributed by atoms with E-state index in [1.54, 1.807) is 0 Å². The molecule has 0 radical (unpaired) electrons. The first kappa shape index (κ1) is 12.8. The molecule has 0 saturated carbocycles. The van der Waals surface area contributed by atoms with E-state index < -0.39 is 0 Å². The van der Waals surface area contributed by atoms with E-state index >= 15 is 0 Å². The van der Waals surface area contributed by atoms with Crippen molar-refractivity contribution in [2.45, 2.75) is 39.7 Å². The highest BCUT2D eigenvalue weighted by atomic mass is 14.9. The number of nitrogens with zero attached hydrogens (tertiary/aromatic N) is 1. The minimum atomic E-state index is -0.242. The van der Waals surface area contributed by atoms with Crippen LogP contribution in [0.15, 0.2) is 24.3 Å². The molecule has 0 amide bonds. The Kier molecular flexibility index (Phi) is 3.26. The van der Waals surface area contributed by atoms with Gasteiger partial charge in [-0.05, 0) is 33.8 Å². The van der Waals surface area contributed by atoms with Gasteiger partial charge in [0.2, 0.25) is 0 Å². The molecule has 0 aliphatic heterocycles. The number of benzene rings is 1. The maximum absolute atomic E-state index is 6.03. The molecule has 0 unspecified atom stereocenters. The van der Waals surface area contributed by atoms with Crippen LogP contribution in [0, 0.1) is 13.8 Å². The number of imidazole rings is 1. The van der Waals surface area contributed by atoms with E-state index in [-0.39, 0.29) is 5.54 Å². The Morgan fingerprint density at radius 1 is 1.28 bits per heavy atom. The minimum Gasteiger partial charge on any atom is -0.346 e. The molecule has 1 heterocycles. The van der Waals surface area contributed by atoms with Crippen molar-refractivity contribution in [1.29, 1.82) is 0 Å². The van der Waals surface area contributed by atoms with E-state index in [9.17, 15) is 0 Å². The van der Waals surface area contributed by atoms with Gasteiger partial charge < -0.3 is 10.7 Å². The van der Waals surface area contributed by atoms with Crippen LogP contribution in [0.1, 0.15) is 30.9 Å². The van der Waals surface area contributed by atoms with Crippen LogP contribution in [-0.4, -0.2) is 15.5 Å². The van der Waals surface area contributed by atoms with E-state index in [2.05, 4.69) is 48.1 Å². The summed E-state index contributed by atoms with van der Waals surface area (Å²) in [6.45, 7) is 8.17. The van der Waals surface area contributed by atoms with Crippen molar-refractivity contribution >= 4 is 0 Å². The van der Waals surface area contributed by atoms with Crippen molar-refractivity contribution in [2.24, 2.45) is 5.73 Å². The Hall–Kier alpha value is -1.61. The summed E-state index contributed by atoms with van der Waals surface area (Å²) in [5, 5.41) is 0. The molecular weight excluding hydrogens is 222 g/mol. The molecule has 3 nitrogen and oxygen atoms in total. The van der Waals surface area contributed by atoms with Crippen molar-refractivity contribution in [2.75, 3.05) is 0 Å². The van der Waals surface area contributed by atoms with Gasteiger partial charge in [0.1, 0.15) is 5.82 Å². The SMILES string of the molecule is Cc1cccc(-c2nc(CC(C)(C)N)[nH]c2C)c1. The topological polar surface area (TPSA) is 54.7 Å². The number of aromatic nitrogens is 2. The van der Waals surface area contributed by atoms with Gasteiger partial charge in [-0.1, -0.05) is 23.8 Å². The number of aromatic amines is 1. The second-order valence-corrected chi connectivity index (χ2v) is 5.69. The third-order valence-corrected chi connectivity index (χ3v) is 2.85. The van der Waals surface area contributed by atoms with E-state index in [1.807, 2.05) is 13.8 Å². The molecule has 1 aromatic heterocycles. The van der Waals surface area contributed by atoms with Crippen molar-refractivity contribution in [1.82, 2.24) is 9.97 Å². The summed E-state index contributed by atoms with van der Waals surface area (Å²) in [6.07, 6.45) is 0.750. The summed E-state index contributed by atoms with van der Waals surface area (Å²) in [5.41, 5.74) is 10.3. The molecule has 0 atom stereocenters. The van der Waals surface area contributed by atoms with Crippen molar-refractivity contribution < 1.29 is 0 Å². The van der Waals surface area contributed by atoms with E-state index in [0.717, 1.165) is 29.2 Å². The molecule has 0 bridgehead atoms. The van der Waals surface area contributed by atoms with Gasteiger partial charge in [-0.3, -0.25) is 0 Å². The van der Waals surface area contributed by atoms with Gasteiger partial charge in [-0.2, -0.15) is 0 Å². The Balaban J connectivity index is 2.35. The van der Waals surface area contributed by atoms with Gasteiger partial charge in [0.05, 0.1) is 5.69 Å². The third kappa shape index (κ3) is 2.99. The lowest BCUT2D eigenvalue weighted by Gasteiger charge is -2.15. The minimum absolute atomic E-state index is 0.242. The van der Waals surface area contributed by atoms with Crippen LogP contribution in [-0.2, 0) is 6.42 Å². The van der Waals surface area contributed by atoms with Gasteiger partial charge in [0.15, 0.2) is 0 Å². The maximum Gasteiger partial charge on any atom is 0.108 e. The first-order valence-corrected chi connectivity index (χ1v) is 6.26. The van der Waals surface area contributed by atoms with Crippen LogP contribution in [0.25, 0.3) is 11.3 Å². The summed E-state index contributed by atoms with van der Waals surface area (Å²) in [5.74, 6) is 0.955. The summed E-state index contributed by atoms with van der Waals surface area (Å²) in [6, 6.07) is 8.40. The summed E-state index contributed by atoms with van der Waals surface area (Å²) >= 11 is 0. The molecule has 0 spiro atoms. The maximum atomic E-state index is 6.03. The van der Waals surface area contributed by atoms with Crippen molar-refractivity contribution in [3.05, 3.63) is 41.3 Å². The van der Waals surface area contributed by atoms with Crippen LogP contribution in [0.3, 0.4) is 0 Å². The smallest absolute Gasteiger partial charge is 0.108 e. The fourth-order valence-electron chi connectivity index (χ4n) is 2.11. The highest BCUT2D eigenvalue weighted by Gasteiger charge is 2.16. The molecule has 18 heavy (non-hydrogen) atoms. The fraction of sp³-hybridized carbons (Fsp3) is 0.400. The lowest BCUT2D eigenvalue weighted by Crippen LogP contribution is -2.34. The molecule has 96 valence electrons. The number of aryl methyl sites for hydroxylation is 2. The third-order valence-electron chi connectivity index (χ3n) is 2.85. The predicted molar refractivity (Wildman–Crippen MR) is 75.5 cm³/mol. The molecular formula is C15H21N3. The molecule has 1 aromatic carbocycles. The van der Waals surface area contributed by atoms with Crippen LogP contribution >= 0.6 is 0 Å².